The average Bonchev–Trinajstić information content (AvgIpc) is 2.71. The molecule has 0 atom stereocenters. The fourth-order valence-corrected chi connectivity index (χ4v) is 3.61. The summed E-state index contributed by atoms with van der Waals surface area (Å²) < 4.78 is 0. The molecule has 0 saturated carbocycles. The summed E-state index contributed by atoms with van der Waals surface area (Å²) in [6.45, 7) is 29.0. The number of hydrogen-bond acceptors (Lipinski definition) is 3. The van der Waals surface area contributed by atoms with Gasteiger partial charge in [0.05, 0.1) is 0 Å². The van der Waals surface area contributed by atoms with Gasteiger partial charge in [0.2, 0.25) is 5.91 Å². The zero-order valence-corrected chi connectivity index (χ0v) is 26.8. The molecule has 0 aliphatic heterocycles. The average molecular weight is 520 g/mol. The predicted octanol–water partition coefficient (Wildman–Crippen LogP) is 8.17. The van der Waals surface area contributed by atoms with Crippen molar-refractivity contribution in [3.8, 4) is 11.8 Å². The first-order valence-electron chi connectivity index (χ1n) is 14.8. The fourth-order valence-electron chi connectivity index (χ4n) is 3.61. The molecule has 1 aliphatic rings. The van der Waals surface area contributed by atoms with Crippen molar-refractivity contribution in [3.05, 3.63) is 23.8 Å². The molecule has 1 aliphatic carbocycles. The Morgan fingerprint density at radius 1 is 0.946 bits per heavy atom. The number of rotatable bonds is 15. The molecule has 0 fully saturated rings. The number of carbonyl (C=O) groups excluding carboxylic acids is 1. The van der Waals surface area contributed by atoms with E-state index in [2.05, 4.69) is 86.1 Å². The van der Waals surface area contributed by atoms with Crippen LogP contribution in [0.2, 0.25) is 0 Å². The van der Waals surface area contributed by atoms with E-state index in [9.17, 15) is 4.79 Å². The Bertz CT molecular complexity index is 667. The number of unbranched alkanes of at least 4 members (excludes halogenated alkanes) is 4. The van der Waals surface area contributed by atoms with Crippen LogP contribution in [0, 0.1) is 29.1 Å². The van der Waals surface area contributed by atoms with Crippen molar-refractivity contribution in [2.24, 2.45) is 28.7 Å². The van der Waals surface area contributed by atoms with E-state index < -0.39 is 0 Å². The summed E-state index contributed by atoms with van der Waals surface area (Å²) >= 11 is 0. The number of nitrogens with two attached hydrogens (primary N) is 2. The topological polar surface area (TPSA) is 81.1 Å². The maximum absolute atomic E-state index is 11.6. The summed E-state index contributed by atoms with van der Waals surface area (Å²) in [5.74, 6) is 7.54. The number of carbonyl (C=O) groups is 1. The van der Waals surface area contributed by atoms with Gasteiger partial charge in [0.25, 0.3) is 0 Å². The molecule has 5 N–H and O–H groups in total. The quantitative estimate of drug-likeness (QED) is 0.116. The molecule has 0 aromatic carbocycles. The summed E-state index contributed by atoms with van der Waals surface area (Å²) in [6, 6.07) is 0. The van der Waals surface area contributed by atoms with E-state index in [1.54, 1.807) is 0 Å². The van der Waals surface area contributed by atoms with Crippen LogP contribution >= 0.6 is 0 Å². The minimum absolute atomic E-state index is 0.110. The zero-order valence-electron chi connectivity index (χ0n) is 26.8. The van der Waals surface area contributed by atoms with Crippen LogP contribution in [0.15, 0.2) is 23.8 Å². The molecule has 1 rings (SSSR count). The fraction of sp³-hybridized carbons (Fsp3) is 0.788. The second-order valence-electron chi connectivity index (χ2n) is 12.2. The first-order valence-corrected chi connectivity index (χ1v) is 14.8. The van der Waals surface area contributed by atoms with Gasteiger partial charge in [0, 0.05) is 30.2 Å². The molecular formula is C33H65N3O. The maximum Gasteiger partial charge on any atom is 0.219 e. The van der Waals surface area contributed by atoms with Crippen molar-refractivity contribution in [2.45, 2.75) is 139 Å². The van der Waals surface area contributed by atoms with Crippen molar-refractivity contribution in [1.82, 2.24) is 5.32 Å². The largest absolute Gasteiger partial charge is 0.356 e. The molecule has 0 bridgehead atoms. The Balaban J connectivity index is -0.000000544. The molecular weight excluding hydrogens is 454 g/mol. The molecule has 1 amide bonds. The van der Waals surface area contributed by atoms with Gasteiger partial charge in [-0.2, -0.15) is 0 Å². The molecule has 4 nitrogen and oxygen atoms in total. The number of allylic oxidation sites excluding steroid dienone is 3. The van der Waals surface area contributed by atoms with Gasteiger partial charge < -0.3 is 16.8 Å². The highest BCUT2D eigenvalue weighted by atomic mass is 16.1. The van der Waals surface area contributed by atoms with Crippen LogP contribution in [0.1, 0.15) is 134 Å². The Morgan fingerprint density at radius 2 is 1.43 bits per heavy atom. The maximum atomic E-state index is 11.6. The molecule has 0 heterocycles. The monoisotopic (exact) mass is 520 g/mol. The summed E-state index contributed by atoms with van der Waals surface area (Å²) in [5.41, 5.74) is 13.9. The molecule has 0 spiro atoms. The lowest BCUT2D eigenvalue weighted by molar-refractivity contribution is -0.121. The van der Waals surface area contributed by atoms with Gasteiger partial charge in [0.1, 0.15) is 0 Å². The third-order valence-corrected chi connectivity index (χ3v) is 5.47. The summed E-state index contributed by atoms with van der Waals surface area (Å²) in [7, 11) is 0. The molecule has 0 aromatic heterocycles. The van der Waals surface area contributed by atoms with Gasteiger partial charge >= 0.3 is 0 Å². The van der Waals surface area contributed by atoms with Gasteiger partial charge in [-0.05, 0) is 76.2 Å². The molecule has 4 heteroatoms. The van der Waals surface area contributed by atoms with Crippen LogP contribution in [0.5, 0.6) is 0 Å². The number of nitrogens with one attached hydrogen (secondary N) is 1. The third-order valence-electron chi connectivity index (χ3n) is 5.47. The standard InChI is InChI=1S/C16H32N2O.C11H17N.C4H10.C2H6/c1-14(2)15(3)10-6-7-11-16(19)18-13-9-5-4-8-12-17;1-10(2,8-11(3,4)12)9-6-5-7-9;1-4(2)3;1-2/h14H,3-13,17H2,1-2H3,(H,18,19);6H,8,12H2,1-4H3;4H,1-3H3;1-2H3. The second-order valence-corrected chi connectivity index (χ2v) is 12.2. The first kappa shape index (κ1) is 39.9. The third kappa shape index (κ3) is 28.8. The van der Waals surface area contributed by atoms with E-state index in [1.165, 1.54) is 17.6 Å². The van der Waals surface area contributed by atoms with E-state index in [0.29, 0.717) is 12.3 Å². The van der Waals surface area contributed by atoms with E-state index in [0.717, 1.165) is 64.0 Å². The highest BCUT2D eigenvalue weighted by Gasteiger charge is 2.29. The number of hydrogen-bond donors (Lipinski definition) is 3. The van der Waals surface area contributed by atoms with Gasteiger partial charge in [-0.25, -0.2) is 0 Å². The van der Waals surface area contributed by atoms with E-state index in [1.807, 2.05) is 19.9 Å². The molecule has 0 unspecified atom stereocenters. The highest BCUT2D eigenvalue weighted by molar-refractivity contribution is 5.75. The lowest BCUT2D eigenvalue weighted by atomic mass is 9.73. The van der Waals surface area contributed by atoms with Crippen molar-refractivity contribution in [2.75, 3.05) is 13.1 Å². The Morgan fingerprint density at radius 3 is 1.84 bits per heavy atom. The van der Waals surface area contributed by atoms with Crippen LogP contribution in [-0.2, 0) is 4.79 Å². The van der Waals surface area contributed by atoms with Crippen LogP contribution in [0.4, 0.5) is 0 Å². The van der Waals surface area contributed by atoms with Crippen LogP contribution in [0.25, 0.3) is 0 Å². The van der Waals surface area contributed by atoms with Crippen LogP contribution in [0.3, 0.4) is 0 Å². The van der Waals surface area contributed by atoms with E-state index in [4.69, 9.17) is 11.5 Å². The molecule has 0 radical (unpaired) electrons. The Kier molecular flexibility index (Phi) is 25.4. The molecule has 0 aromatic rings. The molecule has 0 saturated heterocycles. The van der Waals surface area contributed by atoms with Crippen molar-refractivity contribution in [3.63, 3.8) is 0 Å². The Hall–Kier alpha value is -1.57. The van der Waals surface area contributed by atoms with Crippen LogP contribution in [-0.4, -0.2) is 24.5 Å². The summed E-state index contributed by atoms with van der Waals surface area (Å²) in [4.78, 5) is 11.6. The highest BCUT2D eigenvalue weighted by Crippen LogP contribution is 2.35. The Labute approximate surface area is 232 Å². The minimum Gasteiger partial charge on any atom is -0.356 e. The van der Waals surface area contributed by atoms with Crippen LogP contribution < -0.4 is 16.8 Å². The van der Waals surface area contributed by atoms with Crippen molar-refractivity contribution in [1.29, 1.82) is 0 Å². The van der Waals surface area contributed by atoms with Gasteiger partial charge in [-0.15, -0.1) is 0 Å². The molecule has 37 heavy (non-hydrogen) atoms. The van der Waals surface area contributed by atoms with E-state index >= 15 is 0 Å². The lowest BCUT2D eigenvalue weighted by Gasteiger charge is -2.33. The summed E-state index contributed by atoms with van der Waals surface area (Å²) in [6.07, 6.45) is 11.2. The molecule has 218 valence electrons. The van der Waals surface area contributed by atoms with Gasteiger partial charge in [-0.1, -0.05) is 99.1 Å². The minimum atomic E-state index is -0.110. The number of amides is 1. The van der Waals surface area contributed by atoms with E-state index in [-0.39, 0.29) is 16.9 Å². The smallest absolute Gasteiger partial charge is 0.219 e. The normalized spacial score (nSPS) is 11.8. The SMILES string of the molecule is C=C(CCCCC(=O)NCCCCCCN)C(C)C.CC.CC(C)(N)CC(C)(C)C1=CC#C1.CC(C)C. The zero-order chi connectivity index (χ0) is 29.5. The predicted molar refractivity (Wildman–Crippen MR) is 167 cm³/mol. The van der Waals surface area contributed by atoms with Crippen molar-refractivity contribution < 1.29 is 4.79 Å². The lowest BCUT2D eigenvalue weighted by Crippen LogP contribution is -2.38. The van der Waals surface area contributed by atoms with Crippen molar-refractivity contribution >= 4 is 5.91 Å². The second kappa shape index (κ2) is 23.5. The van der Waals surface area contributed by atoms with Gasteiger partial charge in [-0.3, -0.25) is 4.79 Å². The first-order chi connectivity index (χ1) is 17.1. The summed E-state index contributed by atoms with van der Waals surface area (Å²) in [5, 5.41) is 2.98. The van der Waals surface area contributed by atoms with Gasteiger partial charge in [0.15, 0.2) is 0 Å².